The van der Waals surface area contributed by atoms with E-state index in [0.717, 1.165) is 18.2 Å². The van der Waals surface area contributed by atoms with Crippen LogP contribution in [0.5, 0.6) is 0 Å². The monoisotopic (exact) mass is 304 g/mol. The molecule has 20 heavy (non-hydrogen) atoms. The summed E-state index contributed by atoms with van der Waals surface area (Å²) < 4.78 is 26.2. The van der Waals surface area contributed by atoms with E-state index < -0.39 is 29.7 Å². The Hall–Kier alpha value is -1.83. The fourth-order valence-electron chi connectivity index (χ4n) is 1.40. The van der Waals surface area contributed by atoms with Gasteiger partial charge in [0.15, 0.2) is 0 Å². The van der Waals surface area contributed by atoms with Crippen molar-refractivity contribution in [2.24, 2.45) is 0 Å². The van der Waals surface area contributed by atoms with E-state index in [9.17, 15) is 18.4 Å². The molecule has 0 spiro atoms. The first-order valence-corrected chi connectivity index (χ1v) is 7.07. The normalized spacial score (nSPS) is 11.8. The van der Waals surface area contributed by atoms with Crippen LogP contribution in [0.15, 0.2) is 18.2 Å². The van der Waals surface area contributed by atoms with Gasteiger partial charge in [0, 0.05) is 6.07 Å². The molecule has 0 unspecified atom stereocenters. The summed E-state index contributed by atoms with van der Waals surface area (Å²) in [5.74, 6) is -2.16. The second-order valence-corrected chi connectivity index (χ2v) is 4.88. The number of hydrogen-bond acceptors (Lipinski definition) is 3. The molecule has 0 aliphatic carbocycles. The number of carbonyl (C=O) groups excluding carboxylic acids is 1. The highest BCUT2D eigenvalue weighted by molar-refractivity contribution is 7.98. The summed E-state index contributed by atoms with van der Waals surface area (Å²) in [5.41, 5.74) is -0.350. The molecule has 0 bridgehead atoms. The molecule has 3 N–H and O–H groups in total. The van der Waals surface area contributed by atoms with Gasteiger partial charge in [-0.1, -0.05) is 0 Å². The molecule has 0 aliphatic rings. The van der Waals surface area contributed by atoms with E-state index in [1.165, 1.54) is 11.8 Å². The maximum absolute atomic E-state index is 13.3. The van der Waals surface area contributed by atoms with E-state index in [0.29, 0.717) is 5.75 Å². The number of benzene rings is 1. The first-order chi connectivity index (χ1) is 9.43. The maximum Gasteiger partial charge on any atom is 0.326 e. The minimum Gasteiger partial charge on any atom is -0.480 e. The highest BCUT2D eigenvalue weighted by atomic mass is 32.2. The van der Waals surface area contributed by atoms with Gasteiger partial charge in [-0.3, -0.25) is 0 Å². The Morgan fingerprint density at radius 3 is 2.70 bits per heavy atom. The summed E-state index contributed by atoms with van der Waals surface area (Å²) in [6, 6.07) is 0.610. The molecule has 0 heterocycles. The molecule has 1 atom stereocenters. The van der Waals surface area contributed by atoms with Crippen molar-refractivity contribution in [3.63, 3.8) is 0 Å². The Labute approximate surface area is 118 Å². The van der Waals surface area contributed by atoms with Gasteiger partial charge in [0.25, 0.3) is 0 Å². The molecule has 0 saturated heterocycles. The summed E-state index contributed by atoms with van der Waals surface area (Å²) in [4.78, 5) is 22.5. The van der Waals surface area contributed by atoms with Crippen LogP contribution in [0.4, 0.5) is 19.3 Å². The Morgan fingerprint density at radius 1 is 1.40 bits per heavy atom. The molecule has 0 radical (unpaired) electrons. The molecular formula is C12H14F2N2O3S. The number of aliphatic carboxylic acids is 1. The van der Waals surface area contributed by atoms with Gasteiger partial charge >= 0.3 is 12.0 Å². The lowest BCUT2D eigenvalue weighted by molar-refractivity contribution is -0.139. The van der Waals surface area contributed by atoms with Crippen molar-refractivity contribution in [3.05, 3.63) is 29.8 Å². The van der Waals surface area contributed by atoms with Crippen molar-refractivity contribution in [1.82, 2.24) is 5.32 Å². The number of carboxylic acid groups (broad SMARTS) is 1. The summed E-state index contributed by atoms with van der Waals surface area (Å²) in [6.07, 6.45) is 2.04. The summed E-state index contributed by atoms with van der Waals surface area (Å²) in [6.45, 7) is 0. The number of rotatable bonds is 6. The zero-order valence-corrected chi connectivity index (χ0v) is 11.5. The molecule has 0 fully saturated rings. The van der Waals surface area contributed by atoms with Crippen molar-refractivity contribution in [2.75, 3.05) is 17.3 Å². The molecule has 110 valence electrons. The SMILES string of the molecule is CSCC[C@H](NC(=O)Nc1cc(F)ccc1F)C(=O)O. The van der Waals surface area contributed by atoms with Crippen LogP contribution in [-0.4, -0.2) is 35.2 Å². The van der Waals surface area contributed by atoms with E-state index in [1.54, 1.807) is 6.26 Å². The first kappa shape index (κ1) is 16.2. The van der Waals surface area contributed by atoms with Crippen molar-refractivity contribution in [1.29, 1.82) is 0 Å². The average Bonchev–Trinajstić information content (AvgIpc) is 2.38. The summed E-state index contributed by atoms with van der Waals surface area (Å²) >= 11 is 1.44. The third kappa shape index (κ3) is 5.04. The Kier molecular flexibility index (Phi) is 6.23. The zero-order valence-electron chi connectivity index (χ0n) is 10.7. The smallest absolute Gasteiger partial charge is 0.326 e. The van der Waals surface area contributed by atoms with Gasteiger partial charge in [-0.25, -0.2) is 18.4 Å². The van der Waals surface area contributed by atoms with Crippen molar-refractivity contribution < 1.29 is 23.5 Å². The fourth-order valence-corrected chi connectivity index (χ4v) is 1.87. The van der Waals surface area contributed by atoms with Gasteiger partial charge in [0.1, 0.15) is 17.7 Å². The number of carboxylic acids is 1. The molecular weight excluding hydrogens is 290 g/mol. The highest BCUT2D eigenvalue weighted by Gasteiger charge is 2.19. The Balaban J connectivity index is 2.65. The van der Waals surface area contributed by atoms with E-state index >= 15 is 0 Å². The predicted molar refractivity (Wildman–Crippen MR) is 72.9 cm³/mol. The number of anilines is 1. The predicted octanol–water partition coefficient (Wildman–Crippen LogP) is 2.29. The quantitative estimate of drug-likeness (QED) is 0.753. The minimum atomic E-state index is -1.19. The number of thioether (sulfide) groups is 1. The number of urea groups is 1. The zero-order chi connectivity index (χ0) is 15.1. The van der Waals surface area contributed by atoms with Crippen LogP contribution in [0.25, 0.3) is 0 Å². The van der Waals surface area contributed by atoms with Gasteiger partial charge in [-0.05, 0) is 30.6 Å². The maximum atomic E-state index is 13.3. The second-order valence-electron chi connectivity index (χ2n) is 3.89. The molecule has 0 aromatic heterocycles. The van der Waals surface area contributed by atoms with E-state index in [1.807, 2.05) is 0 Å². The first-order valence-electron chi connectivity index (χ1n) is 5.68. The second kappa shape index (κ2) is 7.68. The van der Waals surface area contributed by atoms with E-state index in [-0.39, 0.29) is 12.1 Å². The molecule has 8 heteroatoms. The van der Waals surface area contributed by atoms with Crippen LogP contribution in [0.1, 0.15) is 6.42 Å². The van der Waals surface area contributed by atoms with Gasteiger partial charge < -0.3 is 15.7 Å². The number of amides is 2. The molecule has 1 rings (SSSR count). The van der Waals surface area contributed by atoms with Crippen LogP contribution in [0.3, 0.4) is 0 Å². The largest absolute Gasteiger partial charge is 0.480 e. The van der Waals surface area contributed by atoms with Gasteiger partial charge in [-0.15, -0.1) is 0 Å². The van der Waals surface area contributed by atoms with Crippen molar-refractivity contribution >= 4 is 29.4 Å². The lowest BCUT2D eigenvalue weighted by Crippen LogP contribution is -2.43. The van der Waals surface area contributed by atoms with Crippen LogP contribution in [-0.2, 0) is 4.79 Å². The fraction of sp³-hybridized carbons (Fsp3) is 0.333. The topological polar surface area (TPSA) is 78.4 Å². The molecule has 0 aliphatic heterocycles. The standard InChI is InChI=1S/C12H14F2N2O3S/c1-20-5-4-9(11(17)18)15-12(19)16-10-6-7(13)2-3-8(10)14/h2-3,6,9H,4-5H2,1H3,(H,17,18)(H2,15,16,19)/t9-/m0/s1. The van der Waals surface area contributed by atoms with Gasteiger partial charge in [0.05, 0.1) is 5.69 Å². The lowest BCUT2D eigenvalue weighted by atomic mass is 10.2. The van der Waals surface area contributed by atoms with Gasteiger partial charge in [-0.2, -0.15) is 11.8 Å². The number of hydrogen-bond donors (Lipinski definition) is 3. The molecule has 1 aromatic rings. The third-order valence-electron chi connectivity index (χ3n) is 2.39. The highest BCUT2D eigenvalue weighted by Crippen LogP contribution is 2.15. The van der Waals surface area contributed by atoms with Crippen LogP contribution in [0.2, 0.25) is 0 Å². The molecule has 5 nitrogen and oxygen atoms in total. The van der Waals surface area contributed by atoms with Crippen molar-refractivity contribution in [2.45, 2.75) is 12.5 Å². The number of nitrogens with one attached hydrogen (secondary N) is 2. The van der Waals surface area contributed by atoms with Crippen LogP contribution >= 0.6 is 11.8 Å². The summed E-state index contributed by atoms with van der Waals surface area (Å²) in [5, 5.41) is 13.2. The van der Waals surface area contributed by atoms with E-state index in [2.05, 4.69) is 10.6 Å². The Bertz CT molecular complexity index is 500. The number of halogens is 2. The third-order valence-corrected chi connectivity index (χ3v) is 3.03. The minimum absolute atomic E-state index is 0.232. The summed E-state index contributed by atoms with van der Waals surface area (Å²) in [7, 11) is 0. The van der Waals surface area contributed by atoms with Crippen LogP contribution in [0, 0.1) is 11.6 Å². The molecule has 1 aromatic carbocycles. The Morgan fingerprint density at radius 2 is 2.10 bits per heavy atom. The van der Waals surface area contributed by atoms with Crippen LogP contribution < -0.4 is 10.6 Å². The molecule has 2 amide bonds. The molecule has 0 saturated carbocycles. The average molecular weight is 304 g/mol. The number of carbonyl (C=O) groups is 2. The van der Waals surface area contributed by atoms with Crippen molar-refractivity contribution in [3.8, 4) is 0 Å². The lowest BCUT2D eigenvalue weighted by Gasteiger charge is -2.14. The van der Waals surface area contributed by atoms with E-state index in [4.69, 9.17) is 5.11 Å². The van der Waals surface area contributed by atoms with Gasteiger partial charge in [0.2, 0.25) is 0 Å².